The van der Waals surface area contributed by atoms with Crippen LogP contribution in [0.1, 0.15) is 23.5 Å². The number of aromatic carboxylic acids is 1. The largest absolute Gasteiger partial charge is 0.477 e. The third kappa shape index (κ3) is 3.05. The topological polar surface area (TPSA) is 66.4 Å². The van der Waals surface area contributed by atoms with E-state index in [1.807, 2.05) is 30.3 Å². The summed E-state index contributed by atoms with van der Waals surface area (Å²) in [4.78, 5) is 24.0. The van der Waals surface area contributed by atoms with Crippen molar-refractivity contribution in [2.24, 2.45) is 5.92 Å². The van der Waals surface area contributed by atoms with Crippen LogP contribution >= 0.6 is 11.3 Å². The Labute approximate surface area is 121 Å². The Balaban J connectivity index is 2.39. The summed E-state index contributed by atoms with van der Waals surface area (Å²) in [6.45, 7) is 3.53. The Morgan fingerprint density at radius 2 is 1.85 bits per heavy atom. The lowest BCUT2D eigenvalue weighted by Crippen LogP contribution is -2.18. The van der Waals surface area contributed by atoms with E-state index < -0.39 is 5.97 Å². The Hall–Kier alpha value is -2.14. The SMILES string of the molecule is CC(C)C(=O)Nc1cc(-c2ccccc2)sc1C(=O)O. The van der Waals surface area contributed by atoms with E-state index in [0.717, 1.165) is 21.8 Å². The first kappa shape index (κ1) is 14.3. The lowest BCUT2D eigenvalue weighted by molar-refractivity contribution is -0.118. The predicted molar refractivity (Wildman–Crippen MR) is 80.2 cm³/mol. The standard InChI is InChI=1S/C15H15NO3S/c1-9(2)14(17)16-11-8-12(20-13(11)15(18)19)10-6-4-3-5-7-10/h3-9H,1-2H3,(H,16,17)(H,18,19). The molecule has 0 radical (unpaired) electrons. The first-order chi connectivity index (χ1) is 9.49. The number of benzene rings is 1. The second-order valence-corrected chi connectivity index (χ2v) is 5.72. The zero-order valence-electron chi connectivity index (χ0n) is 11.2. The number of carboxylic acid groups (broad SMARTS) is 1. The highest BCUT2D eigenvalue weighted by Gasteiger charge is 2.19. The van der Waals surface area contributed by atoms with Crippen molar-refractivity contribution in [1.29, 1.82) is 0 Å². The summed E-state index contributed by atoms with van der Waals surface area (Å²) in [5, 5.41) is 11.9. The van der Waals surface area contributed by atoms with E-state index in [1.54, 1.807) is 19.9 Å². The van der Waals surface area contributed by atoms with Crippen molar-refractivity contribution in [2.45, 2.75) is 13.8 Å². The third-order valence-corrected chi connectivity index (χ3v) is 3.94. The molecule has 0 fully saturated rings. The van der Waals surface area contributed by atoms with Gasteiger partial charge in [-0.05, 0) is 11.6 Å². The summed E-state index contributed by atoms with van der Waals surface area (Å²) in [5.41, 5.74) is 1.30. The number of rotatable bonds is 4. The summed E-state index contributed by atoms with van der Waals surface area (Å²) in [6.07, 6.45) is 0. The number of thiophene rings is 1. The van der Waals surface area contributed by atoms with Crippen molar-refractivity contribution in [3.05, 3.63) is 41.3 Å². The fraction of sp³-hybridized carbons (Fsp3) is 0.200. The molecule has 4 nitrogen and oxygen atoms in total. The van der Waals surface area contributed by atoms with Crippen LogP contribution in [0.5, 0.6) is 0 Å². The molecule has 2 aromatic rings. The van der Waals surface area contributed by atoms with Crippen molar-refractivity contribution < 1.29 is 14.7 Å². The number of nitrogens with one attached hydrogen (secondary N) is 1. The van der Waals surface area contributed by atoms with Gasteiger partial charge in [0.05, 0.1) is 5.69 Å². The van der Waals surface area contributed by atoms with Crippen molar-refractivity contribution in [3.63, 3.8) is 0 Å². The Bertz CT molecular complexity index is 632. The smallest absolute Gasteiger partial charge is 0.348 e. The third-order valence-electron chi connectivity index (χ3n) is 2.77. The van der Waals surface area contributed by atoms with E-state index >= 15 is 0 Å². The molecule has 1 aromatic heterocycles. The minimum atomic E-state index is -1.03. The first-order valence-corrected chi connectivity index (χ1v) is 7.04. The molecule has 0 aliphatic rings. The molecule has 2 rings (SSSR count). The van der Waals surface area contributed by atoms with Gasteiger partial charge in [0.15, 0.2) is 0 Å². The summed E-state index contributed by atoms with van der Waals surface area (Å²) >= 11 is 1.16. The zero-order valence-corrected chi connectivity index (χ0v) is 12.0. The lowest BCUT2D eigenvalue weighted by atomic mass is 10.1. The second-order valence-electron chi connectivity index (χ2n) is 4.67. The van der Waals surface area contributed by atoms with Gasteiger partial charge < -0.3 is 10.4 Å². The highest BCUT2D eigenvalue weighted by Crippen LogP contribution is 2.34. The molecule has 0 spiro atoms. The first-order valence-electron chi connectivity index (χ1n) is 6.22. The molecule has 1 aromatic carbocycles. The summed E-state index contributed by atoms with van der Waals surface area (Å²) in [5.74, 6) is -1.42. The summed E-state index contributed by atoms with van der Waals surface area (Å²) < 4.78 is 0. The van der Waals surface area contributed by atoms with Crippen LogP contribution in [0.3, 0.4) is 0 Å². The van der Waals surface area contributed by atoms with E-state index in [-0.39, 0.29) is 16.7 Å². The van der Waals surface area contributed by atoms with Gasteiger partial charge >= 0.3 is 5.97 Å². The van der Waals surface area contributed by atoms with Crippen molar-refractivity contribution in [3.8, 4) is 10.4 Å². The van der Waals surface area contributed by atoms with Crippen LogP contribution in [-0.2, 0) is 4.79 Å². The molecule has 0 aliphatic heterocycles. The molecule has 1 amide bonds. The minimum Gasteiger partial charge on any atom is -0.477 e. The maximum absolute atomic E-state index is 11.7. The fourth-order valence-electron chi connectivity index (χ4n) is 1.66. The number of hydrogen-bond donors (Lipinski definition) is 2. The summed E-state index contributed by atoms with van der Waals surface area (Å²) in [7, 11) is 0. The van der Waals surface area contributed by atoms with Crippen LogP contribution in [0.25, 0.3) is 10.4 Å². The molecule has 0 bridgehead atoms. The van der Waals surface area contributed by atoms with Crippen molar-refractivity contribution >= 4 is 28.9 Å². The van der Waals surface area contributed by atoms with E-state index in [1.165, 1.54) is 0 Å². The maximum Gasteiger partial charge on any atom is 0.348 e. The van der Waals surface area contributed by atoms with E-state index in [2.05, 4.69) is 5.32 Å². The van der Waals surface area contributed by atoms with Gasteiger partial charge in [-0.2, -0.15) is 0 Å². The average molecular weight is 289 g/mol. The number of carboxylic acids is 1. The van der Waals surface area contributed by atoms with Gasteiger partial charge in [-0.15, -0.1) is 11.3 Å². The number of carbonyl (C=O) groups excluding carboxylic acids is 1. The van der Waals surface area contributed by atoms with Crippen LogP contribution in [0.4, 0.5) is 5.69 Å². The Kier molecular flexibility index (Phi) is 4.20. The van der Waals surface area contributed by atoms with Gasteiger partial charge in [0.1, 0.15) is 4.88 Å². The van der Waals surface area contributed by atoms with Gasteiger partial charge in [-0.1, -0.05) is 44.2 Å². The van der Waals surface area contributed by atoms with Gasteiger partial charge in [0.25, 0.3) is 0 Å². The molecule has 0 aliphatic carbocycles. The number of anilines is 1. The van der Waals surface area contributed by atoms with Crippen LogP contribution in [-0.4, -0.2) is 17.0 Å². The van der Waals surface area contributed by atoms with Gasteiger partial charge in [0, 0.05) is 10.8 Å². The lowest BCUT2D eigenvalue weighted by Gasteiger charge is -2.06. The zero-order chi connectivity index (χ0) is 14.7. The van der Waals surface area contributed by atoms with Gasteiger partial charge in [-0.25, -0.2) is 4.79 Å². The summed E-state index contributed by atoms with van der Waals surface area (Å²) in [6, 6.07) is 11.2. The molecular formula is C15H15NO3S. The van der Waals surface area contributed by atoms with E-state index in [9.17, 15) is 14.7 Å². The monoisotopic (exact) mass is 289 g/mol. The Morgan fingerprint density at radius 1 is 1.20 bits per heavy atom. The molecule has 104 valence electrons. The van der Waals surface area contributed by atoms with Crippen LogP contribution in [0.15, 0.2) is 36.4 Å². The number of carbonyl (C=O) groups is 2. The second kappa shape index (κ2) is 5.88. The van der Waals surface area contributed by atoms with Crippen LogP contribution in [0, 0.1) is 5.92 Å². The van der Waals surface area contributed by atoms with E-state index in [4.69, 9.17) is 0 Å². The van der Waals surface area contributed by atoms with Gasteiger partial charge in [-0.3, -0.25) is 4.79 Å². The molecule has 5 heteroatoms. The minimum absolute atomic E-state index is 0.151. The van der Waals surface area contributed by atoms with E-state index in [0.29, 0.717) is 5.69 Å². The Morgan fingerprint density at radius 3 is 2.40 bits per heavy atom. The molecule has 0 saturated heterocycles. The number of hydrogen-bond acceptors (Lipinski definition) is 3. The predicted octanol–water partition coefficient (Wildman–Crippen LogP) is 3.71. The fourth-order valence-corrected chi connectivity index (χ4v) is 2.62. The van der Waals surface area contributed by atoms with Gasteiger partial charge in [0.2, 0.25) is 5.91 Å². The molecular weight excluding hydrogens is 274 g/mol. The quantitative estimate of drug-likeness (QED) is 0.901. The molecule has 1 heterocycles. The van der Waals surface area contributed by atoms with Crippen molar-refractivity contribution in [2.75, 3.05) is 5.32 Å². The van der Waals surface area contributed by atoms with Crippen molar-refractivity contribution in [1.82, 2.24) is 0 Å². The normalized spacial score (nSPS) is 10.6. The molecule has 0 unspecified atom stereocenters. The highest BCUT2D eigenvalue weighted by molar-refractivity contribution is 7.18. The highest BCUT2D eigenvalue weighted by atomic mass is 32.1. The number of amides is 1. The molecule has 20 heavy (non-hydrogen) atoms. The van der Waals surface area contributed by atoms with Crippen LogP contribution < -0.4 is 5.32 Å². The molecule has 0 saturated carbocycles. The molecule has 0 atom stereocenters. The van der Waals surface area contributed by atoms with Crippen LogP contribution in [0.2, 0.25) is 0 Å². The average Bonchev–Trinajstić information content (AvgIpc) is 2.83. The molecule has 2 N–H and O–H groups in total. The maximum atomic E-state index is 11.7.